The van der Waals surface area contributed by atoms with Crippen LogP contribution in [0.5, 0.6) is 0 Å². The van der Waals surface area contributed by atoms with Gasteiger partial charge in [-0.05, 0) is 32.1 Å². The molecule has 1 atom stereocenters. The topological polar surface area (TPSA) is 85.4 Å². The lowest BCUT2D eigenvalue weighted by atomic mass is 9.50. The van der Waals surface area contributed by atoms with E-state index >= 15 is 0 Å². The number of carbonyl (C=O) groups excluding carboxylic acids is 1. The fourth-order valence-electron chi connectivity index (χ4n) is 4.94. The largest absolute Gasteiger partial charge is 0.363 e. The zero-order valence-electron chi connectivity index (χ0n) is 18.1. The Balaban J connectivity index is 1.40. The van der Waals surface area contributed by atoms with Crippen LogP contribution >= 0.6 is 0 Å². The molecule has 3 saturated carbocycles. The highest BCUT2D eigenvalue weighted by Gasteiger charge is 2.57. The van der Waals surface area contributed by atoms with Gasteiger partial charge < -0.3 is 20.1 Å². The number of nitrogens with one attached hydrogen (secondary N) is 2. The summed E-state index contributed by atoms with van der Waals surface area (Å²) >= 11 is 0. The van der Waals surface area contributed by atoms with Crippen LogP contribution in [0.25, 0.3) is 0 Å². The molecule has 2 aromatic rings. The summed E-state index contributed by atoms with van der Waals surface area (Å²) in [6.45, 7) is 2.39. The summed E-state index contributed by atoms with van der Waals surface area (Å²) in [7, 11) is 0. The summed E-state index contributed by atoms with van der Waals surface area (Å²) in [4.78, 5) is 21.3. The molecule has 2 N–H and O–H groups in total. The highest BCUT2D eigenvalue weighted by Crippen LogP contribution is 2.56. The highest BCUT2D eigenvalue weighted by atomic mass is 19.3. The third-order valence-electron chi connectivity index (χ3n) is 6.71. The van der Waals surface area contributed by atoms with Gasteiger partial charge in [-0.15, -0.1) is 0 Å². The molecule has 2 bridgehead atoms. The van der Waals surface area contributed by atoms with Gasteiger partial charge in [-0.1, -0.05) is 18.2 Å². The van der Waals surface area contributed by atoms with Crippen LogP contribution in [0.2, 0.25) is 0 Å². The number of rotatable bonds is 8. The Morgan fingerprint density at radius 1 is 1.18 bits per heavy atom. The van der Waals surface area contributed by atoms with Gasteiger partial charge in [0.1, 0.15) is 18.0 Å². The van der Waals surface area contributed by atoms with Crippen LogP contribution in [0.4, 0.5) is 19.0 Å². The number of hydrogen-bond acceptors (Lipinski definition) is 6. The first-order valence-electron chi connectivity index (χ1n) is 11.1. The van der Waals surface area contributed by atoms with Crippen molar-refractivity contribution in [2.24, 2.45) is 5.92 Å². The molecule has 33 heavy (non-hydrogen) atoms. The summed E-state index contributed by atoms with van der Waals surface area (Å²) in [6.07, 6.45) is 0.705. The van der Waals surface area contributed by atoms with Gasteiger partial charge in [0.15, 0.2) is 6.29 Å². The second kappa shape index (κ2) is 8.57. The van der Waals surface area contributed by atoms with Crippen molar-refractivity contribution in [3.63, 3.8) is 0 Å². The minimum atomic E-state index is -2.92. The first-order chi connectivity index (χ1) is 15.8. The van der Waals surface area contributed by atoms with Crippen LogP contribution in [0.3, 0.4) is 0 Å². The first kappa shape index (κ1) is 22.1. The minimum Gasteiger partial charge on any atom is -0.363 e. The van der Waals surface area contributed by atoms with Crippen molar-refractivity contribution in [3.8, 4) is 0 Å². The van der Waals surface area contributed by atoms with Gasteiger partial charge in [0.2, 0.25) is 5.91 Å². The fraction of sp³-hybridized carbons (Fsp3) is 0.522. The molecule has 176 valence electrons. The normalized spacial score (nSPS) is 24.8. The predicted octanol–water partition coefficient (Wildman–Crippen LogP) is 3.98. The Hall–Kier alpha value is -2.72. The maximum Gasteiger partial charge on any atom is 0.266 e. The molecule has 4 aliphatic rings. The molecule has 1 amide bonds. The van der Waals surface area contributed by atoms with Gasteiger partial charge >= 0.3 is 0 Å². The SMILES string of the molecule is CC(Nc1ncnc(CC(=O)NC23CC(C2)C3)c1C1OCCO1)c1cccc(C(F)F)c1F. The van der Waals surface area contributed by atoms with Crippen molar-refractivity contribution in [1.82, 2.24) is 15.3 Å². The predicted molar refractivity (Wildman–Crippen MR) is 112 cm³/mol. The molecule has 1 aromatic heterocycles. The second-order valence-electron chi connectivity index (χ2n) is 9.06. The Morgan fingerprint density at radius 2 is 1.88 bits per heavy atom. The smallest absolute Gasteiger partial charge is 0.266 e. The summed E-state index contributed by atoms with van der Waals surface area (Å²) in [5, 5.41) is 6.19. The summed E-state index contributed by atoms with van der Waals surface area (Å²) in [5.74, 6) is -0.0589. The maximum absolute atomic E-state index is 14.7. The molecule has 4 fully saturated rings. The Kier molecular flexibility index (Phi) is 5.74. The molecular formula is C23H25F3N4O3. The van der Waals surface area contributed by atoms with Crippen molar-refractivity contribution in [1.29, 1.82) is 0 Å². The minimum absolute atomic E-state index is 0.0196. The number of hydrogen-bond donors (Lipinski definition) is 2. The van der Waals surface area contributed by atoms with Crippen LogP contribution in [0.1, 0.15) is 67.3 Å². The quantitative estimate of drug-likeness (QED) is 0.617. The standard InChI is InChI=1S/C23H25F3N4O3/c1-12(14-3-2-4-15(19(14)24)20(25)26)29-21-18(22-32-5-6-33-22)16(27-11-28-21)7-17(31)30-23-8-13(9-23)10-23/h2-4,11-13,20,22H,5-10H2,1H3,(H,30,31)(H,27,28,29). The molecular weight excluding hydrogens is 437 g/mol. The monoisotopic (exact) mass is 462 g/mol. The van der Waals surface area contributed by atoms with E-state index < -0.39 is 30.1 Å². The van der Waals surface area contributed by atoms with Gasteiger partial charge in [0, 0.05) is 11.1 Å². The third kappa shape index (κ3) is 4.17. The molecule has 1 unspecified atom stereocenters. The highest BCUT2D eigenvalue weighted by molar-refractivity contribution is 5.80. The number of anilines is 1. The van der Waals surface area contributed by atoms with E-state index in [-0.39, 0.29) is 23.4 Å². The van der Waals surface area contributed by atoms with Crippen molar-refractivity contribution in [2.45, 2.75) is 56.9 Å². The lowest BCUT2D eigenvalue weighted by Crippen LogP contribution is -2.68. The van der Waals surface area contributed by atoms with Crippen molar-refractivity contribution in [2.75, 3.05) is 18.5 Å². The molecule has 6 rings (SSSR count). The summed E-state index contributed by atoms with van der Waals surface area (Å²) in [6, 6.07) is 3.21. The number of nitrogens with zero attached hydrogens (tertiary/aromatic N) is 2. The van der Waals surface area contributed by atoms with E-state index in [2.05, 4.69) is 20.6 Å². The Bertz CT molecular complexity index is 1040. The maximum atomic E-state index is 14.7. The number of alkyl halides is 2. The van der Waals surface area contributed by atoms with Crippen LogP contribution < -0.4 is 10.6 Å². The summed E-state index contributed by atoms with van der Waals surface area (Å²) in [5.41, 5.74) is 0.265. The van der Waals surface area contributed by atoms with E-state index in [0.29, 0.717) is 30.3 Å². The average Bonchev–Trinajstić information content (AvgIpc) is 3.24. The Morgan fingerprint density at radius 3 is 2.52 bits per heavy atom. The van der Waals surface area contributed by atoms with Crippen LogP contribution in [-0.2, 0) is 20.7 Å². The molecule has 0 radical (unpaired) electrons. The molecule has 1 aromatic carbocycles. The lowest BCUT2D eigenvalue weighted by Gasteiger charge is -2.61. The van der Waals surface area contributed by atoms with Crippen LogP contribution in [0, 0.1) is 11.7 Å². The number of aromatic nitrogens is 2. The molecule has 10 heteroatoms. The van der Waals surface area contributed by atoms with E-state index in [1.54, 1.807) is 6.92 Å². The average molecular weight is 462 g/mol. The van der Waals surface area contributed by atoms with E-state index in [4.69, 9.17) is 9.47 Å². The molecule has 3 aliphatic carbocycles. The summed E-state index contributed by atoms with van der Waals surface area (Å²) < 4.78 is 52.3. The van der Waals surface area contributed by atoms with Crippen molar-refractivity contribution >= 4 is 11.7 Å². The van der Waals surface area contributed by atoms with Gasteiger partial charge in [0.05, 0.1) is 42.5 Å². The van der Waals surface area contributed by atoms with E-state index in [0.717, 1.165) is 31.2 Å². The van der Waals surface area contributed by atoms with Crippen molar-refractivity contribution in [3.05, 3.63) is 52.7 Å². The van der Waals surface area contributed by atoms with Gasteiger partial charge in [-0.2, -0.15) is 0 Å². The molecule has 2 heterocycles. The van der Waals surface area contributed by atoms with E-state index in [1.807, 2.05) is 0 Å². The number of ether oxygens (including phenoxy) is 2. The number of benzene rings is 1. The van der Waals surface area contributed by atoms with Crippen molar-refractivity contribution < 1.29 is 27.4 Å². The van der Waals surface area contributed by atoms with Gasteiger partial charge in [-0.3, -0.25) is 4.79 Å². The van der Waals surface area contributed by atoms with Crippen LogP contribution in [0.15, 0.2) is 24.5 Å². The zero-order chi connectivity index (χ0) is 23.2. The molecule has 0 spiro atoms. The molecule has 7 nitrogen and oxygen atoms in total. The van der Waals surface area contributed by atoms with Gasteiger partial charge in [-0.25, -0.2) is 23.1 Å². The fourth-order valence-corrected chi connectivity index (χ4v) is 4.94. The second-order valence-corrected chi connectivity index (χ2v) is 9.06. The van der Waals surface area contributed by atoms with Gasteiger partial charge in [0.25, 0.3) is 6.43 Å². The third-order valence-corrected chi connectivity index (χ3v) is 6.71. The van der Waals surface area contributed by atoms with Crippen LogP contribution in [-0.4, -0.2) is 34.6 Å². The number of halogens is 3. The number of carbonyl (C=O) groups is 1. The lowest BCUT2D eigenvalue weighted by molar-refractivity contribution is -0.132. The molecule has 1 aliphatic heterocycles. The molecule has 1 saturated heterocycles. The Labute approximate surface area is 189 Å². The number of amides is 1. The van der Waals surface area contributed by atoms with E-state index in [1.165, 1.54) is 18.5 Å². The first-order valence-corrected chi connectivity index (χ1v) is 11.1. The van der Waals surface area contributed by atoms with E-state index in [9.17, 15) is 18.0 Å². The zero-order valence-corrected chi connectivity index (χ0v) is 18.1.